The summed E-state index contributed by atoms with van der Waals surface area (Å²) in [5.74, 6) is -0.588. The molecule has 6 heteroatoms. The molecule has 1 aromatic carbocycles. The molecule has 20 heavy (non-hydrogen) atoms. The molecule has 1 saturated heterocycles. The van der Waals surface area contributed by atoms with E-state index in [4.69, 9.17) is 5.73 Å². The van der Waals surface area contributed by atoms with Crippen molar-refractivity contribution >= 4 is 22.0 Å². The van der Waals surface area contributed by atoms with Gasteiger partial charge in [0, 0.05) is 12.0 Å². The maximum absolute atomic E-state index is 12.2. The van der Waals surface area contributed by atoms with Gasteiger partial charge in [-0.2, -0.15) is 4.31 Å². The molecule has 0 radical (unpaired) electrons. The first-order chi connectivity index (χ1) is 9.40. The Bertz CT molecular complexity index is 620. The fourth-order valence-corrected chi connectivity index (χ4v) is 3.68. The maximum Gasteiger partial charge on any atom is 0.236 e. The third-order valence-corrected chi connectivity index (χ3v) is 4.94. The summed E-state index contributed by atoms with van der Waals surface area (Å²) < 4.78 is 25.6. The average Bonchev–Trinajstić information content (AvgIpc) is 2.88. The standard InChI is InChI=1S/C14H18N2O3S/c1-11-4-6-12(7-5-11)8-10-20(18,19)16-9-2-3-13(16)14(15)17/h4-8,10,13H,2-3,9H2,1H3,(H2,15,17)/b10-8+. The first-order valence-corrected chi connectivity index (χ1v) is 7.96. The van der Waals surface area contributed by atoms with E-state index in [0.29, 0.717) is 19.4 Å². The van der Waals surface area contributed by atoms with Crippen LogP contribution >= 0.6 is 0 Å². The molecule has 1 amide bonds. The minimum Gasteiger partial charge on any atom is -0.368 e. The van der Waals surface area contributed by atoms with Crippen LogP contribution in [0.15, 0.2) is 29.7 Å². The zero-order valence-corrected chi connectivity index (χ0v) is 12.1. The molecular weight excluding hydrogens is 276 g/mol. The van der Waals surface area contributed by atoms with Gasteiger partial charge in [0.2, 0.25) is 15.9 Å². The first kappa shape index (κ1) is 14.7. The smallest absolute Gasteiger partial charge is 0.236 e. The number of primary amides is 1. The lowest BCUT2D eigenvalue weighted by molar-refractivity contribution is -0.121. The number of carbonyl (C=O) groups excluding carboxylic acids is 1. The van der Waals surface area contributed by atoms with Crippen molar-refractivity contribution in [2.45, 2.75) is 25.8 Å². The van der Waals surface area contributed by atoms with Gasteiger partial charge in [-0.25, -0.2) is 8.42 Å². The molecule has 0 spiro atoms. The normalized spacial score (nSPS) is 20.6. The maximum atomic E-state index is 12.2. The van der Waals surface area contributed by atoms with Crippen molar-refractivity contribution < 1.29 is 13.2 Å². The van der Waals surface area contributed by atoms with Crippen molar-refractivity contribution in [2.75, 3.05) is 6.54 Å². The van der Waals surface area contributed by atoms with Gasteiger partial charge in [0.05, 0.1) is 0 Å². The number of benzene rings is 1. The van der Waals surface area contributed by atoms with Gasteiger partial charge >= 0.3 is 0 Å². The van der Waals surface area contributed by atoms with E-state index in [1.807, 2.05) is 31.2 Å². The van der Waals surface area contributed by atoms with Gasteiger partial charge in [-0.3, -0.25) is 4.79 Å². The fourth-order valence-electron chi connectivity index (χ4n) is 2.25. The quantitative estimate of drug-likeness (QED) is 0.907. The first-order valence-electron chi connectivity index (χ1n) is 6.46. The van der Waals surface area contributed by atoms with E-state index >= 15 is 0 Å². The van der Waals surface area contributed by atoms with Gasteiger partial charge in [-0.05, 0) is 31.4 Å². The molecular formula is C14H18N2O3S. The van der Waals surface area contributed by atoms with E-state index in [0.717, 1.165) is 16.5 Å². The molecule has 0 aliphatic carbocycles. The third kappa shape index (κ3) is 3.26. The molecule has 1 unspecified atom stereocenters. The predicted octanol–water partition coefficient (Wildman–Crippen LogP) is 1.25. The van der Waals surface area contributed by atoms with Gasteiger partial charge < -0.3 is 5.73 Å². The zero-order chi connectivity index (χ0) is 14.8. The molecule has 1 aromatic rings. The lowest BCUT2D eigenvalue weighted by Crippen LogP contribution is -2.42. The van der Waals surface area contributed by atoms with Gasteiger partial charge in [-0.1, -0.05) is 29.8 Å². The van der Waals surface area contributed by atoms with Crippen LogP contribution in [0.2, 0.25) is 0 Å². The van der Waals surface area contributed by atoms with E-state index in [9.17, 15) is 13.2 Å². The minimum absolute atomic E-state index is 0.341. The minimum atomic E-state index is -3.61. The van der Waals surface area contributed by atoms with Crippen molar-refractivity contribution in [1.82, 2.24) is 4.31 Å². The largest absolute Gasteiger partial charge is 0.368 e. The molecule has 2 rings (SSSR count). The highest BCUT2D eigenvalue weighted by molar-refractivity contribution is 7.92. The van der Waals surface area contributed by atoms with E-state index in [-0.39, 0.29) is 0 Å². The number of nitrogens with two attached hydrogens (primary N) is 1. The zero-order valence-electron chi connectivity index (χ0n) is 11.3. The Morgan fingerprint density at radius 3 is 2.60 bits per heavy atom. The van der Waals surface area contributed by atoms with Crippen LogP contribution in [0.3, 0.4) is 0 Å². The molecule has 1 atom stereocenters. The summed E-state index contributed by atoms with van der Waals surface area (Å²) in [5, 5.41) is 1.14. The number of rotatable bonds is 4. The Balaban J connectivity index is 2.18. The van der Waals surface area contributed by atoms with Crippen LogP contribution < -0.4 is 5.73 Å². The van der Waals surface area contributed by atoms with E-state index in [2.05, 4.69) is 0 Å². The van der Waals surface area contributed by atoms with Gasteiger partial charge in [0.15, 0.2) is 0 Å². The van der Waals surface area contributed by atoms with E-state index in [1.54, 1.807) is 0 Å². The van der Waals surface area contributed by atoms with Crippen LogP contribution in [0.5, 0.6) is 0 Å². The fraction of sp³-hybridized carbons (Fsp3) is 0.357. The molecule has 0 saturated carbocycles. The van der Waals surface area contributed by atoms with Gasteiger partial charge in [-0.15, -0.1) is 0 Å². The lowest BCUT2D eigenvalue weighted by Gasteiger charge is -2.19. The lowest BCUT2D eigenvalue weighted by atomic mass is 10.2. The van der Waals surface area contributed by atoms with Crippen molar-refractivity contribution in [1.29, 1.82) is 0 Å². The Hall–Kier alpha value is -1.66. The van der Waals surface area contributed by atoms with E-state index in [1.165, 1.54) is 10.4 Å². The highest BCUT2D eigenvalue weighted by Crippen LogP contribution is 2.22. The molecule has 0 bridgehead atoms. The number of carbonyl (C=O) groups is 1. The Morgan fingerprint density at radius 1 is 1.35 bits per heavy atom. The number of nitrogens with zero attached hydrogens (tertiary/aromatic N) is 1. The van der Waals surface area contributed by atoms with Crippen LogP contribution in [0.25, 0.3) is 6.08 Å². The predicted molar refractivity (Wildman–Crippen MR) is 78.1 cm³/mol. The molecule has 1 aliphatic rings. The third-order valence-electron chi connectivity index (χ3n) is 3.37. The van der Waals surface area contributed by atoms with Crippen molar-refractivity contribution in [2.24, 2.45) is 5.73 Å². The number of amides is 1. The summed E-state index contributed by atoms with van der Waals surface area (Å²) in [4.78, 5) is 11.3. The summed E-state index contributed by atoms with van der Waals surface area (Å²) in [5.41, 5.74) is 7.15. The van der Waals surface area contributed by atoms with Crippen LogP contribution in [0.4, 0.5) is 0 Å². The van der Waals surface area contributed by atoms with Crippen molar-refractivity contribution in [3.63, 3.8) is 0 Å². The molecule has 1 aliphatic heterocycles. The second-order valence-corrected chi connectivity index (χ2v) is 6.70. The van der Waals surface area contributed by atoms with Crippen LogP contribution in [0.1, 0.15) is 24.0 Å². The van der Waals surface area contributed by atoms with Gasteiger partial charge in [0.1, 0.15) is 6.04 Å². The Morgan fingerprint density at radius 2 is 2.00 bits per heavy atom. The highest BCUT2D eigenvalue weighted by Gasteiger charge is 2.36. The Labute approximate surface area is 119 Å². The van der Waals surface area contributed by atoms with E-state index < -0.39 is 22.0 Å². The Kier molecular flexibility index (Phi) is 4.25. The molecule has 108 valence electrons. The SMILES string of the molecule is Cc1ccc(/C=C/S(=O)(=O)N2CCCC2C(N)=O)cc1. The second-order valence-electron chi connectivity index (χ2n) is 4.93. The summed E-state index contributed by atoms with van der Waals surface area (Å²) in [6, 6.07) is 6.79. The number of hydrogen-bond acceptors (Lipinski definition) is 3. The number of hydrogen-bond donors (Lipinski definition) is 1. The molecule has 5 nitrogen and oxygen atoms in total. The van der Waals surface area contributed by atoms with Gasteiger partial charge in [0.25, 0.3) is 0 Å². The van der Waals surface area contributed by atoms with Crippen LogP contribution in [0, 0.1) is 6.92 Å². The number of sulfonamides is 1. The molecule has 2 N–H and O–H groups in total. The number of aryl methyl sites for hydroxylation is 1. The summed E-state index contributed by atoms with van der Waals surface area (Å²) in [6.45, 7) is 2.31. The molecule has 1 heterocycles. The average molecular weight is 294 g/mol. The van der Waals surface area contributed by atoms with Crippen LogP contribution in [-0.4, -0.2) is 31.2 Å². The van der Waals surface area contributed by atoms with Crippen LogP contribution in [-0.2, 0) is 14.8 Å². The highest BCUT2D eigenvalue weighted by atomic mass is 32.2. The topological polar surface area (TPSA) is 80.5 Å². The summed E-state index contributed by atoms with van der Waals surface area (Å²) in [7, 11) is -3.61. The molecule has 0 aromatic heterocycles. The molecule has 1 fully saturated rings. The summed E-state index contributed by atoms with van der Waals surface area (Å²) >= 11 is 0. The van der Waals surface area contributed by atoms with Crippen molar-refractivity contribution in [3.8, 4) is 0 Å². The second kappa shape index (κ2) is 5.76. The van der Waals surface area contributed by atoms with Crippen molar-refractivity contribution in [3.05, 3.63) is 40.8 Å². The monoisotopic (exact) mass is 294 g/mol. The summed E-state index contributed by atoms with van der Waals surface area (Å²) in [6.07, 6.45) is 2.68.